The van der Waals surface area contributed by atoms with Gasteiger partial charge in [0.25, 0.3) is 0 Å². The molecular formula is C10H16N2S. The second-order valence-corrected chi connectivity index (χ2v) is 5.06. The fourth-order valence-electron chi connectivity index (χ4n) is 1.96. The lowest BCUT2D eigenvalue weighted by Gasteiger charge is -2.24. The fourth-order valence-corrected chi connectivity index (χ4v) is 2.50. The normalized spacial score (nSPS) is 20.7. The van der Waals surface area contributed by atoms with Crippen LogP contribution < -0.4 is 5.32 Å². The summed E-state index contributed by atoms with van der Waals surface area (Å²) in [7, 11) is 0. The van der Waals surface area contributed by atoms with E-state index in [0.29, 0.717) is 5.54 Å². The Hall–Kier alpha value is -0.410. The van der Waals surface area contributed by atoms with Gasteiger partial charge in [-0.1, -0.05) is 12.8 Å². The number of nitrogens with zero attached hydrogens (tertiary/aromatic N) is 1. The number of hydrogen-bond donors (Lipinski definition) is 1. The minimum Gasteiger partial charge on any atom is -0.307 e. The van der Waals surface area contributed by atoms with Gasteiger partial charge in [0, 0.05) is 23.2 Å². The fraction of sp³-hybridized carbons (Fsp3) is 0.700. The van der Waals surface area contributed by atoms with Crippen molar-refractivity contribution in [1.29, 1.82) is 0 Å². The SMILES string of the molecule is CC1(NCc2cncs2)CCCC1. The smallest absolute Gasteiger partial charge is 0.0794 e. The Bertz CT molecular complexity index is 250. The summed E-state index contributed by atoms with van der Waals surface area (Å²) in [6.45, 7) is 3.32. The lowest BCUT2D eigenvalue weighted by atomic mass is 10.0. The predicted molar refractivity (Wildman–Crippen MR) is 55.8 cm³/mol. The van der Waals surface area contributed by atoms with E-state index in [1.54, 1.807) is 11.3 Å². The molecule has 2 nitrogen and oxygen atoms in total. The third-order valence-corrected chi connectivity index (χ3v) is 3.66. The van der Waals surface area contributed by atoms with E-state index in [0.717, 1.165) is 6.54 Å². The molecule has 3 heteroatoms. The molecule has 1 fully saturated rings. The first-order chi connectivity index (χ1) is 6.29. The minimum absolute atomic E-state index is 0.393. The van der Waals surface area contributed by atoms with Crippen LogP contribution in [0.4, 0.5) is 0 Å². The van der Waals surface area contributed by atoms with Gasteiger partial charge in [-0.25, -0.2) is 0 Å². The summed E-state index contributed by atoms with van der Waals surface area (Å²) in [5.74, 6) is 0. The lowest BCUT2D eigenvalue weighted by Crippen LogP contribution is -2.38. The molecule has 0 aromatic carbocycles. The summed E-state index contributed by atoms with van der Waals surface area (Å²) >= 11 is 1.73. The van der Waals surface area contributed by atoms with Gasteiger partial charge >= 0.3 is 0 Å². The third-order valence-electron chi connectivity index (χ3n) is 2.88. The summed E-state index contributed by atoms with van der Waals surface area (Å²) in [5.41, 5.74) is 2.29. The van der Waals surface area contributed by atoms with Gasteiger partial charge in [-0.3, -0.25) is 4.98 Å². The van der Waals surface area contributed by atoms with Crippen LogP contribution in [-0.2, 0) is 6.54 Å². The average molecular weight is 196 g/mol. The van der Waals surface area contributed by atoms with E-state index in [4.69, 9.17) is 0 Å². The van der Waals surface area contributed by atoms with Gasteiger partial charge in [-0.05, 0) is 19.8 Å². The summed E-state index contributed by atoms with van der Waals surface area (Å²) in [6.07, 6.45) is 7.37. The highest BCUT2D eigenvalue weighted by Crippen LogP contribution is 2.29. The zero-order valence-corrected chi connectivity index (χ0v) is 8.86. The number of thiazole rings is 1. The van der Waals surface area contributed by atoms with Crippen molar-refractivity contribution in [2.24, 2.45) is 0 Å². The molecule has 0 aliphatic heterocycles. The topological polar surface area (TPSA) is 24.9 Å². The van der Waals surface area contributed by atoms with E-state index in [1.165, 1.54) is 30.6 Å². The molecule has 2 rings (SSSR count). The van der Waals surface area contributed by atoms with Crippen molar-refractivity contribution < 1.29 is 0 Å². The molecule has 0 amide bonds. The maximum Gasteiger partial charge on any atom is 0.0794 e. The Kier molecular flexibility index (Phi) is 2.65. The van der Waals surface area contributed by atoms with E-state index in [1.807, 2.05) is 11.7 Å². The molecule has 1 heterocycles. The molecule has 0 saturated heterocycles. The Balaban J connectivity index is 1.85. The third kappa shape index (κ3) is 2.29. The standard InChI is InChI=1S/C10H16N2S/c1-10(4-2-3-5-10)12-7-9-6-11-8-13-9/h6,8,12H,2-5,7H2,1H3. The lowest BCUT2D eigenvalue weighted by molar-refractivity contribution is 0.364. The van der Waals surface area contributed by atoms with Crippen LogP contribution in [0.5, 0.6) is 0 Å². The molecule has 1 aromatic heterocycles. The maximum atomic E-state index is 4.07. The highest BCUT2D eigenvalue weighted by Gasteiger charge is 2.27. The van der Waals surface area contributed by atoms with Gasteiger partial charge < -0.3 is 5.32 Å². The quantitative estimate of drug-likeness (QED) is 0.803. The van der Waals surface area contributed by atoms with Gasteiger partial charge in [0.05, 0.1) is 5.51 Å². The van der Waals surface area contributed by atoms with E-state index < -0.39 is 0 Å². The van der Waals surface area contributed by atoms with Crippen molar-refractivity contribution in [3.8, 4) is 0 Å². The molecule has 1 aliphatic rings. The molecule has 0 atom stereocenters. The van der Waals surface area contributed by atoms with Crippen molar-refractivity contribution in [2.45, 2.75) is 44.7 Å². The Labute approximate surface area is 83.4 Å². The maximum absolute atomic E-state index is 4.07. The molecule has 72 valence electrons. The van der Waals surface area contributed by atoms with Crippen LogP contribution in [0.25, 0.3) is 0 Å². The van der Waals surface area contributed by atoms with Crippen molar-refractivity contribution in [3.63, 3.8) is 0 Å². The number of hydrogen-bond acceptors (Lipinski definition) is 3. The molecule has 13 heavy (non-hydrogen) atoms. The molecule has 1 aromatic rings. The zero-order valence-electron chi connectivity index (χ0n) is 8.05. The van der Waals surface area contributed by atoms with Crippen molar-refractivity contribution in [2.75, 3.05) is 0 Å². The van der Waals surface area contributed by atoms with Crippen molar-refractivity contribution in [3.05, 3.63) is 16.6 Å². The molecule has 0 unspecified atom stereocenters. The minimum atomic E-state index is 0.393. The van der Waals surface area contributed by atoms with E-state index in [-0.39, 0.29) is 0 Å². The number of rotatable bonds is 3. The molecule has 1 saturated carbocycles. The molecule has 1 aliphatic carbocycles. The first kappa shape index (κ1) is 9.16. The predicted octanol–water partition coefficient (Wildman–Crippen LogP) is 2.57. The molecule has 1 N–H and O–H groups in total. The first-order valence-corrected chi connectivity index (χ1v) is 5.79. The summed E-state index contributed by atoms with van der Waals surface area (Å²) < 4.78 is 0. The van der Waals surface area contributed by atoms with Crippen LogP contribution >= 0.6 is 11.3 Å². The number of aromatic nitrogens is 1. The Morgan fingerprint density at radius 3 is 2.92 bits per heavy atom. The zero-order chi connectivity index (χ0) is 9.15. The largest absolute Gasteiger partial charge is 0.307 e. The van der Waals surface area contributed by atoms with E-state index in [2.05, 4.69) is 17.2 Å². The van der Waals surface area contributed by atoms with Crippen molar-refractivity contribution >= 4 is 11.3 Å². The van der Waals surface area contributed by atoms with Gasteiger partial charge in [0.2, 0.25) is 0 Å². The van der Waals surface area contributed by atoms with Crippen LogP contribution in [0.3, 0.4) is 0 Å². The van der Waals surface area contributed by atoms with Gasteiger partial charge in [-0.2, -0.15) is 0 Å². The van der Waals surface area contributed by atoms with Gasteiger partial charge in [-0.15, -0.1) is 11.3 Å². The monoisotopic (exact) mass is 196 g/mol. The van der Waals surface area contributed by atoms with Crippen LogP contribution in [0, 0.1) is 0 Å². The van der Waals surface area contributed by atoms with Crippen LogP contribution in [0.1, 0.15) is 37.5 Å². The molecule has 0 spiro atoms. The molecular weight excluding hydrogens is 180 g/mol. The van der Waals surface area contributed by atoms with Crippen LogP contribution in [0.15, 0.2) is 11.7 Å². The van der Waals surface area contributed by atoms with Gasteiger partial charge in [0.15, 0.2) is 0 Å². The van der Waals surface area contributed by atoms with E-state index in [9.17, 15) is 0 Å². The highest BCUT2D eigenvalue weighted by atomic mass is 32.1. The molecule has 0 bridgehead atoms. The second kappa shape index (κ2) is 3.76. The first-order valence-electron chi connectivity index (χ1n) is 4.91. The van der Waals surface area contributed by atoms with Gasteiger partial charge in [0.1, 0.15) is 0 Å². The highest BCUT2D eigenvalue weighted by molar-refractivity contribution is 7.09. The Morgan fingerprint density at radius 2 is 2.31 bits per heavy atom. The summed E-state index contributed by atoms with van der Waals surface area (Å²) in [6, 6.07) is 0. The van der Waals surface area contributed by atoms with Crippen LogP contribution in [-0.4, -0.2) is 10.5 Å². The number of nitrogens with one attached hydrogen (secondary N) is 1. The van der Waals surface area contributed by atoms with Crippen molar-refractivity contribution in [1.82, 2.24) is 10.3 Å². The van der Waals surface area contributed by atoms with Crippen LogP contribution in [0.2, 0.25) is 0 Å². The summed E-state index contributed by atoms with van der Waals surface area (Å²) in [4.78, 5) is 5.41. The Morgan fingerprint density at radius 1 is 1.54 bits per heavy atom. The van der Waals surface area contributed by atoms with E-state index >= 15 is 0 Å². The average Bonchev–Trinajstić information content (AvgIpc) is 2.72. The second-order valence-electron chi connectivity index (χ2n) is 4.09. The molecule has 0 radical (unpaired) electrons. The summed E-state index contributed by atoms with van der Waals surface area (Å²) in [5, 5.41) is 3.63.